The second-order valence-corrected chi connectivity index (χ2v) is 8.84. The van der Waals surface area contributed by atoms with Crippen LogP contribution in [-0.4, -0.2) is 55.4 Å². The van der Waals surface area contributed by atoms with E-state index in [-0.39, 0.29) is 36.7 Å². The molecule has 1 heterocycles. The van der Waals surface area contributed by atoms with Gasteiger partial charge in [-0.25, -0.2) is 13.2 Å². The summed E-state index contributed by atoms with van der Waals surface area (Å²) in [5.41, 5.74) is -0.584. The molecular formula is C14H25NO5S. The van der Waals surface area contributed by atoms with Crippen LogP contribution in [0.15, 0.2) is 0 Å². The fraction of sp³-hybridized carbons (Fsp3) is 0.857. The van der Waals surface area contributed by atoms with Crippen molar-refractivity contribution in [1.29, 1.82) is 0 Å². The molecule has 0 aromatic rings. The highest BCUT2D eigenvalue weighted by Gasteiger charge is 2.32. The maximum absolute atomic E-state index is 12.0. The molecule has 122 valence electrons. The largest absolute Gasteiger partial charge is 0.444 e. The molecule has 1 atom stereocenters. The number of carbonyl (C=O) groups excluding carboxylic acids is 2. The second kappa shape index (κ2) is 6.77. The van der Waals surface area contributed by atoms with Crippen molar-refractivity contribution in [2.24, 2.45) is 5.92 Å². The number of Topliss-reactive ketones (excluding diaryl/α,β-unsaturated/α-hetero) is 1. The average Bonchev–Trinajstić information content (AvgIpc) is 2.35. The van der Waals surface area contributed by atoms with Gasteiger partial charge in [-0.3, -0.25) is 4.79 Å². The van der Waals surface area contributed by atoms with Crippen LogP contribution in [0.25, 0.3) is 0 Å². The molecule has 0 aromatic heterocycles. The summed E-state index contributed by atoms with van der Waals surface area (Å²) < 4.78 is 28.4. The molecule has 6 nitrogen and oxygen atoms in total. The van der Waals surface area contributed by atoms with Crippen molar-refractivity contribution in [3.63, 3.8) is 0 Å². The van der Waals surface area contributed by atoms with Crippen LogP contribution in [0.5, 0.6) is 0 Å². The van der Waals surface area contributed by atoms with Crippen LogP contribution >= 0.6 is 0 Å². The molecule has 1 aliphatic rings. The first-order valence-electron chi connectivity index (χ1n) is 7.25. The van der Waals surface area contributed by atoms with Gasteiger partial charge >= 0.3 is 6.09 Å². The lowest BCUT2D eigenvalue weighted by Gasteiger charge is -2.33. The Kier molecular flexibility index (Phi) is 5.78. The van der Waals surface area contributed by atoms with E-state index in [0.717, 1.165) is 0 Å². The molecule has 0 aromatic carbocycles. The molecule has 0 radical (unpaired) electrons. The Balaban J connectivity index is 2.62. The predicted molar refractivity (Wildman–Crippen MR) is 79.9 cm³/mol. The molecule has 7 heteroatoms. The zero-order valence-electron chi connectivity index (χ0n) is 13.2. The third-order valence-electron chi connectivity index (χ3n) is 3.39. The Hall–Kier alpha value is -1.11. The van der Waals surface area contributed by atoms with Gasteiger partial charge in [-0.1, -0.05) is 6.92 Å². The van der Waals surface area contributed by atoms with Crippen LogP contribution in [-0.2, 0) is 19.4 Å². The van der Waals surface area contributed by atoms with Gasteiger partial charge < -0.3 is 9.64 Å². The number of amides is 1. The van der Waals surface area contributed by atoms with Crippen LogP contribution < -0.4 is 0 Å². The molecule has 1 rings (SSSR count). The summed E-state index contributed by atoms with van der Waals surface area (Å²) in [7, 11) is -3.10. The topological polar surface area (TPSA) is 80.8 Å². The summed E-state index contributed by atoms with van der Waals surface area (Å²) >= 11 is 0. The van der Waals surface area contributed by atoms with E-state index < -0.39 is 27.4 Å². The standard InChI is InChI=1S/C14H25NO5S/c1-5-21(18,19)9-7-11-10-15(8-6-12(11)16)13(17)20-14(2,3)4/h11H,5-10H2,1-4H3. The average molecular weight is 319 g/mol. The van der Waals surface area contributed by atoms with Crippen LogP contribution in [0.4, 0.5) is 4.79 Å². The summed E-state index contributed by atoms with van der Waals surface area (Å²) in [6.07, 6.45) is 0.0862. The van der Waals surface area contributed by atoms with Gasteiger partial charge in [0.25, 0.3) is 0 Å². The van der Waals surface area contributed by atoms with Crippen LogP contribution in [0.1, 0.15) is 40.5 Å². The van der Waals surface area contributed by atoms with E-state index in [4.69, 9.17) is 4.74 Å². The van der Waals surface area contributed by atoms with E-state index in [2.05, 4.69) is 0 Å². The third kappa shape index (κ3) is 6.03. The Morgan fingerprint density at radius 2 is 2.00 bits per heavy atom. The molecule has 0 aliphatic carbocycles. The van der Waals surface area contributed by atoms with Gasteiger partial charge in [-0.2, -0.15) is 0 Å². The SMILES string of the molecule is CCS(=O)(=O)CCC1CN(C(=O)OC(C)(C)C)CCC1=O. The van der Waals surface area contributed by atoms with Gasteiger partial charge in [0.1, 0.15) is 21.2 Å². The Labute approximate surface area is 126 Å². The van der Waals surface area contributed by atoms with Gasteiger partial charge in [0.15, 0.2) is 0 Å². The smallest absolute Gasteiger partial charge is 0.410 e. The van der Waals surface area contributed by atoms with Gasteiger partial charge in [-0.05, 0) is 27.2 Å². The van der Waals surface area contributed by atoms with Gasteiger partial charge in [0, 0.05) is 31.2 Å². The third-order valence-corrected chi connectivity index (χ3v) is 5.13. The lowest BCUT2D eigenvalue weighted by atomic mass is 9.94. The second-order valence-electron chi connectivity index (χ2n) is 6.36. The summed E-state index contributed by atoms with van der Waals surface area (Å²) in [6.45, 7) is 7.52. The Morgan fingerprint density at radius 1 is 1.38 bits per heavy atom. The monoisotopic (exact) mass is 319 g/mol. The number of ether oxygens (including phenoxy) is 1. The minimum Gasteiger partial charge on any atom is -0.444 e. The van der Waals surface area contributed by atoms with Crippen molar-refractivity contribution in [3.05, 3.63) is 0 Å². The van der Waals surface area contributed by atoms with E-state index in [1.165, 1.54) is 4.90 Å². The highest BCUT2D eigenvalue weighted by atomic mass is 32.2. The zero-order chi connectivity index (χ0) is 16.3. The minimum atomic E-state index is -3.10. The number of hydrogen-bond donors (Lipinski definition) is 0. The Bertz CT molecular complexity index is 492. The van der Waals surface area contributed by atoms with E-state index in [1.807, 2.05) is 0 Å². The molecule has 0 N–H and O–H groups in total. The normalized spacial score (nSPS) is 20.5. The van der Waals surface area contributed by atoms with Crippen LogP contribution in [0, 0.1) is 5.92 Å². The molecule has 1 amide bonds. The summed E-state index contributed by atoms with van der Waals surface area (Å²) in [6, 6.07) is 0. The number of ketones is 1. The first-order valence-corrected chi connectivity index (χ1v) is 9.07. The summed E-state index contributed by atoms with van der Waals surface area (Å²) in [5.74, 6) is -0.320. The van der Waals surface area contributed by atoms with Gasteiger partial charge in [-0.15, -0.1) is 0 Å². The van der Waals surface area contributed by atoms with Crippen molar-refractivity contribution in [2.45, 2.75) is 46.1 Å². The molecule has 1 fully saturated rings. The van der Waals surface area contributed by atoms with Gasteiger partial charge in [0.05, 0.1) is 5.75 Å². The quantitative estimate of drug-likeness (QED) is 0.787. The maximum Gasteiger partial charge on any atom is 0.410 e. The van der Waals surface area contributed by atoms with E-state index >= 15 is 0 Å². The number of likely N-dealkylation sites (tertiary alicyclic amines) is 1. The fourth-order valence-corrected chi connectivity index (χ4v) is 3.05. The highest BCUT2D eigenvalue weighted by Crippen LogP contribution is 2.20. The number of nitrogens with zero attached hydrogens (tertiary/aromatic N) is 1. The molecule has 21 heavy (non-hydrogen) atoms. The minimum absolute atomic E-state index is 0.0118. The molecule has 0 spiro atoms. The van der Waals surface area contributed by atoms with Crippen LogP contribution in [0.2, 0.25) is 0 Å². The molecule has 1 unspecified atom stereocenters. The molecule has 1 saturated heterocycles. The van der Waals surface area contributed by atoms with Gasteiger partial charge in [0.2, 0.25) is 0 Å². The van der Waals surface area contributed by atoms with Crippen molar-refractivity contribution in [3.8, 4) is 0 Å². The molecule has 0 saturated carbocycles. The van der Waals surface area contributed by atoms with Crippen molar-refractivity contribution < 1.29 is 22.7 Å². The lowest BCUT2D eigenvalue weighted by Crippen LogP contribution is -2.46. The highest BCUT2D eigenvalue weighted by molar-refractivity contribution is 7.91. The molecule has 1 aliphatic heterocycles. The fourth-order valence-electron chi connectivity index (χ4n) is 2.12. The summed E-state index contributed by atoms with van der Waals surface area (Å²) in [4.78, 5) is 25.4. The number of rotatable bonds is 4. The van der Waals surface area contributed by atoms with Crippen LogP contribution in [0.3, 0.4) is 0 Å². The number of hydrogen-bond acceptors (Lipinski definition) is 5. The lowest BCUT2D eigenvalue weighted by molar-refractivity contribution is -0.126. The molecular weight excluding hydrogens is 294 g/mol. The van der Waals surface area contributed by atoms with E-state index in [0.29, 0.717) is 6.54 Å². The van der Waals surface area contributed by atoms with Crippen molar-refractivity contribution in [1.82, 2.24) is 4.90 Å². The Morgan fingerprint density at radius 3 is 2.52 bits per heavy atom. The van der Waals surface area contributed by atoms with Crippen molar-refractivity contribution >= 4 is 21.7 Å². The molecule has 0 bridgehead atoms. The summed E-state index contributed by atoms with van der Waals surface area (Å²) in [5, 5.41) is 0. The van der Waals surface area contributed by atoms with E-state index in [9.17, 15) is 18.0 Å². The zero-order valence-corrected chi connectivity index (χ0v) is 14.0. The van der Waals surface area contributed by atoms with E-state index in [1.54, 1.807) is 27.7 Å². The van der Waals surface area contributed by atoms with Crippen molar-refractivity contribution in [2.75, 3.05) is 24.6 Å². The number of sulfone groups is 1. The first-order chi connectivity index (χ1) is 9.54. The number of piperidine rings is 1. The maximum atomic E-state index is 12.0. The predicted octanol–water partition coefficient (Wildman–Crippen LogP) is 1.64. The number of carbonyl (C=O) groups is 2. The first kappa shape index (κ1) is 17.9.